The van der Waals surface area contributed by atoms with Crippen LogP contribution in [0.3, 0.4) is 0 Å². The summed E-state index contributed by atoms with van der Waals surface area (Å²) in [4.78, 5) is 2.77. The van der Waals surface area contributed by atoms with Gasteiger partial charge in [0.1, 0.15) is 0 Å². The van der Waals surface area contributed by atoms with E-state index in [4.69, 9.17) is 0 Å². The van der Waals surface area contributed by atoms with Crippen molar-refractivity contribution in [3.05, 3.63) is 48.5 Å². The summed E-state index contributed by atoms with van der Waals surface area (Å²) in [6.45, 7) is 4.52. The Kier molecular flexibility index (Phi) is 9.45. The molecule has 0 N–H and O–H groups in total. The van der Waals surface area contributed by atoms with Crippen LogP contribution in [0.5, 0.6) is 0 Å². The summed E-state index contributed by atoms with van der Waals surface area (Å²) in [7, 11) is 0. The molecule has 0 atom stereocenters. The van der Waals surface area contributed by atoms with Crippen molar-refractivity contribution in [1.29, 1.82) is 0 Å². The van der Waals surface area contributed by atoms with E-state index in [1.54, 1.807) is 0 Å². The Labute approximate surface area is 156 Å². The summed E-state index contributed by atoms with van der Waals surface area (Å²) in [5.41, 5.74) is 2.63. The fourth-order valence-electron chi connectivity index (χ4n) is 2.57. The molecule has 0 amide bonds. The molecule has 0 heterocycles. The molecular formula is C22H30S2. The Balaban J connectivity index is 1.84. The van der Waals surface area contributed by atoms with Gasteiger partial charge in [0, 0.05) is 9.79 Å². The SMILES string of the molecule is CCCCCSc1ccc(-c2ccc(SCCCCC)cc2)cc1. The molecule has 2 aromatic carbocycles. The fourth-order valence-corrected chi connectivity index (χ4v) is 4.40. The Morgan fingerprint density at radius 1 is 0.542 bits per heavy atom. The van der Waals surface area contributed by atoms with Crippen molar-refractivity contribution in [3.8, 4) is 11.1 Å². The molecular weight excluding hydrogens is 328 g/mol. The Hall–Kier alpha value is -0.860. The van der Waals surface area contributed by atoms with E-state index in [9.17, 15) is 0 Å². The zero-order valence-corrected chi connectivity index (χ0v) is 16.7. The van der Waals surface area contributed by atoms with Crippen molar-refractivity contribution in [1.82, 2.24) is 0 Å². The molecule has 0 spiro atoms. The summed E-state index contributed by atoms with van der Waals surface area (Å²) < 4.78 is 0. The Bertz CT molecular complexity index is 504. The number of benzene rings is 2. The van der Waals surface area contributed by atoms with E-state index in [0.717, 1.165) is 0 Å². The first kappa shape index (κ1) is 19.5. The lowest BCUT2D eigenvalue weighted by molar-refractivity contribution is 0.778. The maximum absolute atomic E-state index is 2.26. The molecule has 2 aromatic rings. The number of thioether (sulfide) groups is 2. The van der Waals surface area contributed by atoms with Gasteiger partial charge in [-0.25, -0.2) is 0 Å². The van der Waals surface area contributed by atoms with Crippen LogP contribution in [-0.2, 0) is 0 Å². The van der Waals surface area contributed by atoms with Crippen molar-refractivity contribution in [3.63, 3.8) is 0 Å². The fraction of sp³-hybridized carbons (Fsp3) is 0.455. The minimum Gasteiger partial charge on any atom is -0.126 e. The highest BCUT2D eigenvalue weighted by Crippen LogP contribution is 2.27. The maximum atomic E-state index is 2.26. The molecule has 0 aliphatic rings. The highest BCUT2D eigenvalue weighted by Gasteiger charge is 2.00. The molecule has 0 saturated heterocycles. The van der Waals surface area contributed by atoms with Crippen LogP contribution in [0.4, 0.5) is 0 Å². The highest BCUT2D eigenvalue weighted by atomic mass is 32.2. The molecule has 0 radical (unpaired) electrons. The third kappa shape index (κ3) is 6.94. The number of hydrogen-bond acceptors (Lipinski definition) is 2. The van der Waals surface area contributed by atoms with E-state index in [1.165, 1.54) is 70.9 Å². The van der Waals surface area contributed by atoms with Crippen molar-refractivity contribution < 1.29 is 0 Å². The largest absolute Gasteiger partial charge is 0.126 e. The average Bonchev–Trinajstić information content (AvgIpc) is 2.64. The molecule has 0 aliphatic heterocycles. The normalized spacial score (nSPS) is 10.9. The average molecular weight is 359 g/mol. The topological polar surface area (TPSA) is 0 Å². The first-order valence-electron chi connectivity index (χ1n) is 9.29. The third-order valence-electron chi connectivity index (χ3n) is 4.08. The van der Waals surface area contributed by atoms with Gasteiger partial charge in [-0.05, 0) is 59.7 Å². The second-order valence-electron chi connectivity index (χ2n) is 6.16. The first-order valence-corrected chi connectivity index (χ1v) is 11.3. The lowest BCUT2D eigenvalue weighted by Gasteiger charge is -2.06. The number of rotatable bonds is 11. The monoisotopic (exact) mass is 358 g/mol. The van der Waals surface area contributed by atoms with Gasteiger partial charge in [0.25, 0.3) is 0 Å². The van der Waals surface area contributed by atoms with E-state index < -0.39 is 0 Å². The summed E-state index contributed by atoms with van der Waals surface area (Å²) in [6, 6.07) is 18.1. The van der Waals surface area contributed by atoms with E-state index in [1.807, 2.05) is 23.5 Å². The van der Waals surface area contributed by atoms with Crippen LogP contribution in [0.25, 0.3) is 11.1 Å². The molecule has 0 unspecified atom stereocenters. The zero-order chi connectivity index (χ0) is 17.0. The lowest BCUT2D eigenvalue weighted by Crippen LogP contribution is -1.83. The highest BCUT2D eigenvalue weighted by molar-refractivity contribution is 7.99. The van der Waals surface area contributed by atoms with Crippen LogP contribution in [0, 0.1) is 0 Å². The van der Waals surface area contributed by atoms with Crippen LogP contribution in [0.1, 0.15) is 52.4 Å². The predicted octanol–water partition coefficient (Wildman–Crippen LogP) is 7.92. The van der Waals surface area contributed by atoms with Gasteiger partial charge in [-0.2, -0.15) is 0 Å². The van der Waals surface area contributed by atoms with Crippen molar-refractivity contribution in [2.45, 2.75) is 62.2 Å². The van der Waals surface area contributed by atoms with Gasteiger partial charge in [-0.1, -0.05) is 63.8 Å². The minimum absolute atomic E-state index is 1.23. The first-order chi connectivity index (χ1) is 11.8. The second kappa shape index (κ2) is 11.7. The number of unbranched alkanes of at least 4 members (excludes halogenated alkanes) is 4. The molecule has 0 aromatic heterocycles. The summed E-state index contributed by atoms with van der Waals surface area (Å²) in [5.74, 6) is 2.47. The van der Waals surface area contributed by atoms with E-state index in [2.05, 4.69) is 62.4 Å². The van der Waals surface area contributed by atoms with Crippen molar-refractivity contribution >= 4 is 23.5 Å². The molecule has 0 saturated carbocycles. The van der Waals surface area contributed by atoms with Crippen LogP contribution in [-0.4, -0.2) is 11.5 Å². The van der Waals surface area contributed by atoms with Gasteiger partial charge in [-0.15, -0.1) is 23.5 Å². The Morgan fingerprint density at radius 2 is 0.917 bits per heavy atom. The van der Waals surface area contributed by atoms with Crippen molar-refractivity contribution in [2.24, 2.45) is 0 Å². The lowest BCUT2D eigenvalue weighted by atomic mass is 10.1. The standard InChI is InChI=1S/C22H30S2/c1-3-5-7-17-23-21-13-9-19(10-14-21)20-11-15-22(16-12-20)24-18-8-6-4-2/h9-16H,3-8,17-18H2,1-2H3. The van der Waals surface area contributed by atoms with E-state index in [0.29, 0.717) is 0 Å². The van der Waals surface area contributed by atoms with Gasteiger partial charge >= 0.3 is 0 Å². The van der Waals surface area contributed by atoms with Crippen LogP contribution in [0.15, 0.2) is 58.3 Å². The Morgan fingerprint density at radius 3 is 1.25 bits per heavy atom. The number of hydrogen-bond donors (Lipinski definition) is 0. The van der Waals surface area contributed by atoms with Crippen LogP contribution >= 0.6 is 23.5 Å². The van der Waals surface area contributed by atoms with Gasteiger partial charge in [-0.3, -0.25) is 0 Å². The molecule has 0 fully saturated rings. The quantitative estimate of drug-likeness (QED) is 0.295. The minimum atomic E-state index is 1.23. The molecule has 2 heteroatoms. The van der Waals surface area contributed by atoms with Gasteiger partial charge < -0.3 is 0 Å². The molecule has 24 heavy (non-hydrogen) atoms. The summed E-state index contributed by atoms with van der Waals surface area (Å²) >= 11 is 3.95. The third-order valence-corrected chi connectivity index (χ3v) is 6.27. The summed E-state index contributed by atoms with van der Waals surface area (Å²) in [6.07, 6.45) is 7.92. The van der Waals surface area contributed by atoms with Gasteiger partial charge in [0.2, 0.25) is 0 Å². The van der Waals surface area contributed by atoms with E-state index >= 15 is 0 Å². The van der Waals surface area contributed by atoms with Crippen LogP contribution in [0.2, 0.25) is 0 Å². The molecule has 0 bridgehead atoms. The smallest absolute Gasteiger partial charge is 0.00723 e. The van der Waals surface area contributed by atoms with Crippen LogP contribution < -0.4 is 0 Å². The maximum Gasteiger partial charge on any atom is 0.00723 e. The predicted molar refractivity (Wildman–Crippen MR) is 112 cm³/mol. The molecule has 0 nitrogen and oxygen atoms in total. The van der Waals surface area contributed by atoms with Gasteiger partial charge in [0.05, 0.1) is 0 Å². The molecule has 2 rings (SSSR count). The summed E-state index contributed by atoms with van der Waals surface area (Å²) in [5, 5.41) is 0. The molecule has 0 aliphatic carbocycles. The van der Waals surface area contributed by atoms with Crippen molar-refractivity contribution in [2.75, 3.05) is 11.5 Å². The second-order valence-corrected chi connectivity index (χ2v) is 8.50. The van der Waals surface area contributed by atoms with E-state index in [-0.39, 0.29) is 0 Å². The molecule has 130 valence electrons. The van der Waals surface area contributed by atoms with Gasteiger partial charge in [0.15, 0.2) is 0 Å². The zero-order valence-electron chi connectivity index (χ0n) is 15.1.